The fourth-order valence-electron chi connectivity index (χ4n) is 3.02. The molecule has 112 valence electrons. The highest BCUT2D eigenvalue weighted by atomic mass is 32.1. The molecule has 1 heterocycles. The normalized spacial score (nSPS) is 16.9. The quantitative estimate of drug-likeness (QED) is 0.868. The van der Waals surface area contributed by atoms with E-state index in [-0.39, 0.29) is 0 Å². The van der Waals surface area contributed by atoms with E-state index in [9.17, 15) is 0 Å². The van der Waals surface area contributed by atoms with Gasteiger partial charge in [-0.05, 0) is 51.1 Å². The molecule has 1 aliphatic carbocycles. The summed E-state index contributed by atoms with van der Waals surface area (Å²) < 4.78 is 0. The number of likely N-dealkylation sites (N-methyl/N-ethyl adjacent to an activating group) is 1. The molecule has 2 aromatic rings. The Morgan fingerprint density at radius 3 is 2.48 bits per heavy atom. The zero-order chi connectivity index (χ0) is 14.7. The zero-order valence-corrected chi connectivity index (χ0v) is 13.7. The minimum Gasteiger partial charge on any atom is -0.310 e. The van der Waals surface area contributed by atoms with E-state index in [0.717, 1.165) is 13.1 Å². The van der Waals surface area contributed by atoms with Crippen LogP contribution in [0.4, 0.5) is 0 Å². The van der Waals surface area contributed by atoms with Gasteiger partial charge in [-0.1, -0.05) is 30.3 Å². The van der Waals surface area contributed by atoms with Crippen molar-refractivity contribution < 1.29 is 0 Å². The zero-order valence-electron chi connectivity index (χ0n) is 12.9. The van der Waals surface area contributed by atoms with Crippen LogP contribution >= 0.6 is 11.3 Å². The number of benzene rings is 1. The van der Waals surface area contributed by atoms with Crippen LogP contribution in [0.1, 0.15) is 24.1 Å². The highest BCUT2D eigenvalue weighted by Gasteiger charge is 2.38. The molecule has 21 heavy (non-hydrogen) atoms. The Morgan fingerprint density at radius 2 is 1.86 bits per heavy atom. The van der Waals surface area contributed by atoms with Crippen LogP contribution < -0.4 is 5.32 Å². The first kappa shape index (κ1) is 14.8. The molecule has 2 nitrogen and oxygen atoms in total. The smallest absolute Gasteiger partial charge is 0.0346 e. The lowest BCUT2D eigenvalue weighted by atomic mass is 9.75. The van der Waals surface area contributed by atoms with Crippen LogP contribution in [0.2, 0.25) is 0 Å². The lowest BCUT2D eigenvalue weighted by molar-refractivity contribution is 0.0599. The summed E-state index contributed by atoms with van der Waals surface area (Å²) in [5, 5.41) is 3.66. The Bertz CT molecular complexity index is 570. The Morgan fingerprint density at radius 1 is 1.10 bits per heavy atom. The maximum atomic E-state index is 3.66. The van der Waals surface area contributed by atoms with E-state index in [2.05, 4.69) is 66.8 Å². The van der Waals surface area contributed by atoms with Crippen molar-refractivity contribution in [3.05, 3.63) is 47.3 Å². The molecule has 1 saturated carbocycles. The van der Waals surface area contributed by atoms with Crippen molar-refractivity contribution in [2.45, 2.75) is 31.3 Å². The predicted molar refractivity (Wildman–Crippen MR) is 91.7 cm³/mol. The van der Waals surface area contributed by atoms with Gasteiger partial charge in [0.25, 0.3) is 0 Å². The fourth-order valence-corrected chi connectivity index (χ4v) is 4.00. The second kappa shape index (κ2) is 6.30. The average Bonchev–Trinajstić information content (AvgIpc) is 2.91. The molecule has 3 rings (SSSR count). The largest absolute Gasteiger partial charge is 0.310 e. The molecule has 0 atom stereocenters. The summed E-state index contributed by atoms with van der Waals surface area (Å²) in [4.78, 5) is 5.17. The summed E-state index contributed by atoms with van der Waals surface area (Å²) in [5.74, 6) is 0. The molecule has 1 N–H and O–H groups in total. The van der Waals surface area contributed by atoms with E-state index in [4.69, 9.17) is 0 Å². The number of nitrogens with zero attached hydrogens (tertiary/aromatic N) is 1. The summed E-state index contributed by atoms with van der Waals surface area (Å²) in [5.41, 5.74) is 1.72. The average molecular weight is 300 g/mol. The summed E-state index contributed by atoms with van der Waals surface area (Å²) >= 11 is 1.89. The van der Waals surface area contributed by atoms with Crippen molar-refractivity contribution >= 4 is 11.3 Å². The Labute approximate surface area is 131 Å². The first-order valence-corrected chi connectivity index (χ1v) is 8.54. The number of rotatable bonds is 6. The Hall–Kier alpha value is -1.16. The summed E-state index contributed by atoms with van der Waals surface area (Å²) in [7, 11) is 4.42. The second-order valence-corrected chi connectivity index (χ2v) is 7.38. The lowest BCUT2D eigenvalue weighted by Crippen LogP contribution is -2.56. The van der Waals surface area contributed by atoms with Crippen LogP contribution in [0.15, 0.2) is 42.5 Å². The van der Waals surface area contributed by atoms with Crippen molar-refractivity contribution in [2.24, 2.45) is 0 Å². The Kier molecular flexibility index (Phi) is 4.43. The molecular formula is C18H24N2S. The first-order valence-electron chi connectivity index (χ1n) is 7.72. The molecule has 1 aromatic heterocycles. The molecular weight excluding hydrogens is 276 g/mol. The SMILES string of the molecule is CN(C)C1(CNCc2ccc(-c3ccccc3)s2)CCC1. The predicted octanol–water partition coefficient (Wildman–Crippen LogP) is 3.99. The van der Waals surface area contributed by atoms with Gasteiger partial charge in [-0.25, -0.2) is 0 Å². The number of thiophene rings is 1. The monoisotopic (exact) mass is 300 g/mol. The van der Waals surface area contributed by atoms with E-state index < -0.39 is 0 Å². The minimum atomic E-state index is 0.402. The summed E-state index contributed by atoms with van der Waals surface area (Å²) in [6.07, 6.45) is 4.02. The summed E-state index contributed by atoms with van der Waals surface area (Å²) in [6.45, 7) is 2.08. The van der Waals surface area contributed by atoms with Gasteiger partial charge >= 0.3 is 0 Å². The topological polar surface area (TPSA) is 15.3 Å². The molecule has 0 spiro atoms. The van der Waals surface area contributed by atoms with Crippen molar-refractivity contribution in [2.75, 3.05) is 20.6 Å². The maximum Gasteiger partial charge on any atom is 0.0346 e. The second-order valence-electron chi connectivity index (χ2n) is 6.21. The van der Waals surface area contributed by atoms with Gasteiger partial charge in [0.2, 0.25) is 0 Å². The van der Waals surface area contributed by atoms with Crippen molar-refractivity contribution in [1.29, 1.82) is 0 Å². The third kappa shape index (κ3) is 3.20. The van der Waals surface area contributed by atoms with E-state index >= 15 is 0 Å². The molecule has 0 bridgehead atoms. The van der Waals surface area contributed by atoms with Crippen LogP contribution in [0.25, 0.3) is 10.4 Å². The number of hydrogen-bond acceptors (Lipinski definition) is 3. The van der Waals surface area contributed by atoms with Crippen LogP contribution in [-0.2, 0) is 6.54 Å². The van der Waals surface area contributed by atoms with E-state index in [1.807, 2.05) is 11.3 Å². The van der Waals surface area contributed by atoms with Crippen LogP contribution in [0.3, 0.4) is 0 Å². The molecule has 0 unspecified atom stereocenters. The lowest BCUT2D eigenvalue weighted by Gasteiger charge is -2.47. The molecule has 1 aliphatic rings. The molecule has 0 aliphatic heterocycles. The molecule has 0 radical (unpaired) electrons. The van der Waals surface area contributed by atoms with Crippen molar-refractivity contribution in [3.8, 4) is 10.4 Å². The van der Waals surface area contributed by atoms with Gasteiger partial charge in [-0.2, -0.15) is 0 Å². The van der Waals surface area contributed by atoms with Crippen molar-refractivity contribution in [1.82, 2.24) is 10.2 Å². The van der Waals surface area contributed by atoms with Gasteiger partial charge in [0.1, 0.15) is 0 Å². The van der Waals surface area contributed by atoms with Crippen LogP contribution in [0.5, 0.6) is 0 Å². The van der Waals surface area contributed by atoms with Gasteiger partial charge in [-0.15, -0.1) is 11.3 Å². The van der Waals surface area contributed by atoms with E-state index in [1.54, 1.807) is 0 Å². The molecule has 1 fully saturated rings. The molecule has 0 amide bonds. The number of hydrogen-bond donors (Lipinski definition) is 1. The molecule has 0 saturated heterocycles. The molecule has 1 aromatic carbocycles. The van der Waals surface area contributed by atoms with E-state index in [0.29, 0.717) is 5.54 Å². The maximum absolute atomic E-state index is 3.66. The third-order valence-corrected chi connectivity index (χ3v) is 5.84. The Balaban J connectivity index is 1.56. The highest BCUT2D eigenvalue weighted by molar-refractivity contribution is 7.15. The van der Waals surface area contributed by atoms with Crippen LogP contribution in [-0.4, -0.2) is 31.1 Å². The van der Waals surface area contributed by atoms with Gasteiger partial charge in [-0.3, -0.25) is 0 Å². The fraction of sp³-hybridized carbons (Fsp3) is 0.444. The van der Waals surface area contributed by atoms with Gasteiger partial charge in [0.05, 0.1) is 0 Å². The first-order chi connectivity index (χ1) is 10.2. The third-order valence-electron chi connectivity index (χ3n) is 4.71. The standard InChI is InChI=1S/C18H24N2S/c1-20(2)18(11-6-12-18)14-19-13-16-9-10-17(21-16)15-7-4-3-5-8-15/h3-5,7-10,19H,6,11-14H2,1-2H3. The van der Waals surface area contributed by atoms with E-state index in [1.165, 1.54) is 34.6 Å². The highest BCUT2D eigenvalue weighted by Crippen LogP contribution is 2.35. The number of nitrogens with one attached hydrogen (secondary N) is 1. The van der Waals surface area contributed by atoms with Gasteiger partial charge in [0.15, 0.2) is 0 Å². The molecule has 3 heteroatoms. The summed E-state index contributed by atoms with van der Waals surface area (Å²) in [6, 6.07) is 15.1. The van der Waals surface area contributed by atoms with Crippen molar-refractivity contribution in [3.63, 3.8) is 0 Å². The minimum absolute atomic E-state index is 0.402. The van der Waals surface area contributed by atoms with Crippen LogP contribution in [0, 0.1) is 0 Å². The van der Waals surface area contributed by atoms with Gasteiger partial charge in [0, 0.05) is 28.4 Å². The van der Waals surface area contributed by atoms with Gasteiger partial charge < -0.3 is 10.2 Å².